The second kappa shape index (κ2) is 8.11. The number of hydrogen-bond donors (Lipinski definition) is 0. The van der Waals surface area contributed by atoms with Crippen LogP contribution in [-0.2, 0) is 4.74 Å². The summed E-state index contributed by atoms with van der Waals surface area (Å²) in [6.07, 6.45) is 7.43. The monoisotopic (exact) mass is 405 g/mol. The molecule has 0 amide bonds. The maximum Gasteiger partial charge on any atom is 0.434 e. The van der Waals surface area contributed by atoms with Crippen molar-refractivity contribution in [3.8, 4) is 34.3 Å². The normalized spacial score (nSPS) is 10.9. The van der Waals surface area contributed by atoms with E-state index in [2.05, 4.69) is 25.3 Å². The highest BCUT2D eigenvalue weighted by molar-refractivity contribution is 5.72. The van der Waals surface area contributed by atoms with Crippen LogP contribution in [0.4, 0.5) is 4.79 Å². The molecule has 0 aliphatic heterocycles. The fourth-order valence-electron chi connectivity index (χ4n) is 2.83. The molecule has 10 heteroatoms. The van der Waals surface area contributed by atoms with E-state index in [1.807, 2.05) is 16.7 Å². The van der Waals surface area contributed by atoms with Crippen molar-refractivity contribution in [3.63, 3.8) is 0 Å². The summed E-state index contributed by atoms with van der Waals surface area (Å²) in [4.78, 5) is 20.6. The second-order valence-electron chi connectivity index (χ2n) is 6.56. The highest BCUT2D eigenvalue weighted by Crippen LogP contribution is 2.25. The van der Waals surface area contributed by atoms with Crippen molar-refractivity contribution >= 4 is 6.09 Å². The minimum absolute atomic E-state index is 0.230. The third-order valence-corrected chi connectivity index (χ3v) is 4.14. The quantitative estimate of drug-likeness (QED) is 0.498. The third kappa shape index (κ3) is 3.75. The summed E-state index contributed by atoms with van der Waals surface area (Å²) in [5.41, 5.74) is 2.52. The van der Waals surface area contributed by atoms with Crippen molar-refractivity contribution in [2.24, 2.45) is 0 Å². The van der Waals surface area contributed by atoms with Gasteiger partial charge in [0.05, 0.1) is 25.1 Å². The maximum absolute atomic E-state index is 11.9. The Morgan fingerprint density at radius 2 is 1.87 bits per heavy atom. The zero-order valence-corrected chi connectivity index (χ0v) is 16.6. The molecule has 0 saturated heterocycles. The summed E-state index contributed by atoms with van der Waals surface area (Å²) >= 11 is 0. The van der Waals surface area contributed by atoms with Crippen molar-refractivity contribution in [2.45, 2.75) is 20.0 Å². The summed E-state index contributed by atoms with van der Waals surface area (Å²) in [6, 6.07) is 7.28. The fraction of sp³-hybridized carbons (Fsp3) is 0.200. The summed E-state index contributed by atoms with van der Waals surface area (Å²) < 4.78 is 13.4. The lowest BCUT2D eigenvalue weighted by Crippen LogP contribution is -2.18. The maximum atomic E-state index is 11.9. The SMILES string of the molecule is COc1ncccc1-n1ccnc1-c1ccc(-c2cnn(C(=O)OC(C)C)c2)nn1. The minimum Gasteiger partial charge on any atom is -0.480 e. The molecule has 0 saturated carbocycles. The van der Waals surface area contributed by atoms with Crippen molar-refractivity contribution in [1.29, 1.82) is 0 Å². The lowest BCUT2D eigenvalue weighted by molar-refractivity contribution is 0.114. The molecule has 0 atom stereocenters. The van der Waals surface area contributed by atoms with Crippen LogP contribution in [0.1, 0.15) is 13.8 Å². The number of imidazole rings is 1. The lowest BCUT2D eigenvalue weighted by Gasteiger charge is -2.10. The van der Waals surface area contributed by atoms with Crippen LogP contribution < -0.4 is 4.74 Å². The molecule has 0 fully saturated rings. The standard InChI is InChI=1S/C20H19N7O3/c1-13(2)30-20(28)27-12-14(11-23-27)15-6-7-16(25-24-15)18-21-9-10-26(18)17-5-4-8-22-19(17)29-3/h4-13H,1-3H3. The number of carbonyl (C=O) groups excluding carboxylic acids is 1. The number of aromatic nitrogens is 7. The number of hydrogen-bond acceptors (Lipinski definition) is 8. The van der Waals surface area contributed by atoms with E-state index in [0.29, 0.717) is 28.7 Å². The molecule has 10 nitrogen and oxygen atoms in total. The first-order valence-electron chi connectivity index (χ1n) is 9.19. The Hall–Kier alpha value is -4.08. The Morgan fingerprint density at radius 1 is 1.07 bits per heavy atom. The molecule has 0 aliphatic rings. The number of rotatable bonds is 5. The molecule has 0 aromatic carbocycles. The average Bonchev–Trinajstić information content (AvgIpc) is 3.43. The molecule has 4 aromatic heterocycles. The number of nitrogens with zero attached hydrogens (tertiary/aromatic N) is 7. The van der Waals surface area contributed by atoms with Crippen LogP contribution in [0, 0.1) is 0 Å². The molecule has 0 N–H and O–H groups in total. The average molecular weight is 405 g/mol. The Balaban J connectivity index is 1.61. The van der Waals surface area contributed by atoms with Gasteiger partial charge in [-0.25, -0.2) is 14.8 Å². The Kier molecular flexibility index (Phi) is 5.21. The summed E-state index contributed by atoms with van der Waals surface area (Å²) in [5, 5.41) is 12.6. The summed E-state index contributed by atoms with van der Waals surface area (Å²) in [5.74, 6) is 1.07. The van der Waals surface area contributed by atoms with E-state index in [4.69, 9.17) is 9.47 Å². The van der Waals surface area contributed by atoms with Gasteiger partial charge in [-0.15, -0.1) is 10.2 Å². The molecular weight excluding hydrogens is 386 g/mol. The van der Waals surface area contributed by atoms with Crippen molar-refractivity contribution in [3.05, 3.63) is 55.2 Å². The van der Waals surface area contributed by atoms with Crippen LogP contribution in [-0.4, -0.2) is 53.8 Å². The number of carbonyl (C=O) groups is 1. The van der Waals surface area contributed by atoms with Gasteiger partial charge in [-0.1, -0.05) is 0 Å². The molecular formula is C20H19N7O3. The van der Waals surface area contributed by atoms with Gasteiger partial charge in [0.15, 0.2) is 5.82 Å². The third-order valence-electron chi connectivity index (χ3n) is 4.14. The number of methoxy groups -OCH3 is 1. The zero-order chi connectivity index (χ0) is 21.1. The van der Waals surface area contributed by atoms with E-state index in [1.165, 1.54) is 6.20 Å². The van der Waals surface area contributed by atoms with Crippen molar-refractivity contribution in [1.82, 2.24) is 34.5 Å². The molecule has 4 aromatic rings. The van der Waals surface area contributed by atoms with E-state index in [0.717, 1.165) is 10.4 Å². The second-order valence-corrected chi connectivity index (χ2v) is 6.56. The Labute approximate surface area is 172 Å². The van der Waals surface area contributed by atoms with Crippen LogP contribution in [0.2, 0.25) is 0 Å². The molecule has 4 heterocycles. The van der Waals surface area contributed by atoms with Crippen LogP contribution in [0.15, 0.2) is 55.2 Å². The smallest absolute Gasteiger partial charge is 0.434 e. The lowest BCUT2D eigenvalue weighted by atomic mass is 10.2. The molecule has 4 rings (SSSR count). The van der Waals surface area contributed by atoms with Gasteiger partial charge >= 0.3 is 6.09 Å². The van der Waals surface area contributed by atoms with E-state index >= 15 is 0 Å². The first-order valence-corrected chi connectivity index (χ1v) is 9.19. The number of ether oxygens (including phenoxy) is 2. The van der Waals surface area contributed by atoms with Gasteiger partial charge in [0.25, 0.3) is 0 Å². The highest BCUT2D eigenvalue weighted by atomic mass is 16.6. The van der Waals surface area contributed by atoms with Crippen LogP contribution >= 0.6 is 0 Å². The highest BCUT2D eigenvalue weighted by Gasteiger charge is 2.15. The molecule has 0 bridgehead atoms. The first kappa shape index (κ1) is 19.2. The zero-order valence-electron chi connectivity index (χ0n) is 16.6. The minimum atomic E-state index is -0.548. The van der Waals surface area contributed by atoms with Crippen LogP contribution in [0.3, 0.4) is 0 Å². The largest absolute Gasteiger partial charge is 0.480 e. The molecule has 30 heavy (non-hydrogen) atoms. The van der Waals surface area contributed by atoms with Gasteiger partial charge in [0, 0.05) is 30.4 Å². The predicted octanol–water partition coefficient (Wildman–Crippen LogP) is 2.99. The van der Waals surface area contributed by atoms with E-state index < -0.39 is 6.09 Å². The first-order chi connectivity index (χ1) is 14.6. The van der Waals surface area contributed by atoms with E-state index in [1.54, 1.807) is 57.9 Å². The summed E-state index contributed by atoms with van der Waals surface area (Å²) in [6.45, 7) is 3.55. The Morgan fingerprint density at radius 3 is 2.60 bits per heavy atom. The Bertz CT molecular complexity index is 1170. The van der Waals surface area contributed by atoms with Crippen LogP contribution in [0.5, 0.6) is 5.88 Å². The predicted molar refractivity (Wildman–Crippen MR) is 107 cm³/mol. The van der Waals surface area contributed by atoms with Gasteiger partial charge in [-0.2, -0.15) is 9.78 Å². The molecule has 0 aliphatic carbocycles. The molecule has 0 radical (unpaired) electrons. The molecule has 152 valence electrons. The molecule has 0 spiro atoms. The fourth-order valence-corrected chi connectivity index (χ4v) is 2.83. The van der Waals surface area contributed by atoms with Gasteiger partial charge in [0.1, 0.15) is 11.4 Å². The van der Waals surface area contributed by atoms with Gasteiger partial charge in [0.2, 0.25) is 5.88 Å². The van der Waals surface area contributed by atoms with Crippen molar-refractivity contribution in [2.75, 3.05) is 7.11 Å². The van der Waals surface area contributed by atoms with Gasteiger partial charge in [-0.3, -0.25) is 4.57 Å². The van der Waals surface area contributed by atoms with Gasteiger partial charge < -0.3 is 9.47 Å². The number of pyridine rings is 1. The van der Waals surface area contributed by atoms with E-state index in [9.17, 15) is 4.79 Å². The topological polar surface area (TPSA) is 110 Å². The van der Waals surface area contributed by atoms with Crippen LogP contribution in [0.25, 0.3) is 28.5 Å². The summed E-state index contributed by atoms with van der Waals surface area (Å²) in [7, 11) is 1.56. The van der Waals surface area contributed by atoms with Crippen molar-refractivity contribution < 1.29 is 14.3 Å². The molecule has 0 unspecified atom stereocenters. The van der Waals surface area contributed by atoms with E-state index in [-0.39, 0.29) is 6.10 Å². The van der Waals surface area contributed by atoms with Gasteiger partial charge in [-0.05, 0) is 38.1 Å².